The number of carboxylic acids is 1. The molecule has 1 aromatic rings. The molecule has 16 heteroatoms. The molecule has 0 aliphatic carbocycles. The number of nitrogens with zero attached hydrogens (tertiary/aromatic N) is 3. The van der Waals surface area contributed by atoms with Crippen LogP contribution in [0, 0.1) is 0 Å². The first-order valence-electron chi connectivity index (χ1n) is 10.8. The Morgan fingerprint density at radius 3 is 2.59 bits per heavy atom. The number of nitrogens with two attached hydrogens (primary N) is 1. The Hall–Kier alpha value is -3.66. The molecule has 1 fully saturated rings. The first-order valence-corrected chi connectivity index (χ1v) is 12.7. The predicted molar refractivity (Wildman–Crippen MR) is 131 cm³/mol. The van der Waals surface area contributed by atoms with Gasteiger partial charge in [0, 0.05) is 23.6 Å². The number of nitrogens with one attached hydrogen (secondary N) is 1. The van der Waals surface area contributed by atoms with Crippen molar-refractivity contribution in [2.75, 3.05) is 24.7 Å². The average Bonchev–Trinajstić information content (AvgIpc) is 3.22. The summed E-state index contributed by atoms with van der Waals surface area (Å²) in [5.74, 6) is -4.02. The molecule has 3 rings (SSSR count). The van der Waals surface area contributed by atoms with Crippen molar-refractivity contribution in [2.24, 2.45) is 5.16 Å². The second-order valence-electron chi connectivity index (χ2n) is 8.77. The molecule has 4 N–H and O–H groups in total. The maximum atomic E-state index is 13.1. The van der Waals surface area contributed by atoms with Crippen molar-refractivity contribution in [3.05, 3.63) is 22.3 Å². The summed E-state index contributed by atoms with van der Waals surface area (Å²) < 4.78 is 10.0. The Bertz CT molecular complexity index is 1190. The van der Waals surface area contributed by atoms with Crippen LogP contribution in [0.4, 0.5) is 5.13 Å². The quantitative estimate of drug-likeness (QED) is 0.161. The maximum Gasteiger partial charge on any atom is 0.352 e. The first kappa shape index (κ1) is 27.9. The van der Waals surface area contributed by atoms with E-state index in [-0.39, 0.29) is 40.2 Å². The monoisotopic (exact) mass is 555 g/mol. The van der Waals surface area contributed by atoms with Crippen LogP contribution in [0.25, 0.3) is 0 Å². The van der Waals surface area contributed by atoms with E-state index in [1.807, 2.05) is 0 Å². The van der Waals surface area contributed by atoms with E-state index >= 15 is 0 Å². The van der Waals surface area contributed by atoms with Crippen molar-refractivity contribution in [1.82, 2.24) is 15.2 Å². The first-order chi connectivity index (χ1) is 17.3. The molecule has 0 saturated carbocycles. The zero-order valence-electron chi connectivity index (χ0n) is 20.3. The summed E-state index contributed by atoms with van der Waals surface area (Å²) in [6.07, 6.45) is 0. The van der Waals surface area contributed by atoms with Gasteiger partial charge in [-0.3, -0.25) is 19.3 Å². The van der Waals surface area contributed by atoms with Gasteiger partial charge >= 0.3 is 17.9 Å². The molecule has 1 saturated heterocycles. The van der Waals surface area contributed by atoms with E-state index in [0.717, 1.165) is 16.2 Å². The number of fused-ring (bicyclic) bond motifs is 1. The fourth-order valence-electron chi connectivity index (χ4n) is 3.31. The molecule has 1 aromatic heterocycles. The van der Waals surface area contributed by atoms with Gasteiger partial charge < -0.3 is 30.5 Å². The lowest BCUT2D eigenvalue weighted by Gasteiger charge is -2.49. The van der Waals surface area contributed by atoms with E-state index in [0.29, 0.717) is 0 Å². The Kier molecular flexibility index (Phi) is 8.42. The molecular formula is C21H25N5O9S2. The second kappa shape index (κ2) is 11.2. The zero-order chi connectivity index (χ0) is 27.5. The van der Waals surface area contributed by atoms with Crippen LogP contribution in [-0.4, -0.2) is 86.4 Å². The van der Waals surface area contributed by atoms with Gasteiger partial charge in [-0.1, -0.05) is 5.16 Å². The lowest BCUT2D eigenvalue weighted by atomic mass is 10.0. The molecule has 0 aromatic carbocycles. The number of carbonyl (C=O) groups is 5. The van der Waals surface area contributed by atoms with Crippen LogP contribution in [0.5, 0.6) is 0 Å². The average molecular weight is 556 g/mol. The molecular weight excluding hydrogens is 530 g/mol. The highest BCUT2D eigenvalue weighted by atomic mass is 32.2. The van der Waals surface area contributed by atoms with Crippen molar-refractivity contribution < 1.29 is 43.4 Å². The highest BCUT2D eigenvalue weighted by Crippen LogP contribution is 2.40. The summed E-state index contributed by atoms with van der Waals surface area (Å²) in [5, 5.41) is 16.8. The molecule has 2 aliphatic heterocycles. The number of amides is 2. The second-order valence-corrected chi connectivity index (χ2v) is 10.8. The minimum absolute atomic E-state index is 0.0545. The third-order valence-corrected chi connectivity index (χ3v) is 6.74. The van der Waals surface area contributed by atoms with Crippen LogP contribution in [0.15, 0.2) is 21.8 Å². The Morgan fingerprint density at radius 1 is 1.32 bits per heavy atom. The number of carbonyl (C=O) groups excluding carboxylic acids is 4. The molecule has 200 valence electrons. The maximum absolute atomic E-state index is 13.1. The number of hydrogen-bond donors (Lipinski definition) is 3. The van der Waals surface area contributed by atoms with E-state index in [9.17, 15) is 29.1 Å². The summed E-state index contributed by atoms with van der Waals surface area (Å²) in [7, 11) is 0. The van der Waals surface area contributed by atoms with Gasteiger partial charge in [0.25, 0.3) is 11.8 Å². The van der Waals surface area contributed by atoms with Gasteiger partial charge in [0.15, 0.2) is 10.8 Å². The van der Waals surface area contributed by atoms with Crippen LogP contribution >= 0.6 is 23.1 Å². The van der Waals surface area contributed by atoms with Crippen molar-refractivity contribution in [3.63, 3.8) is 0 Å². The van der Waals surface area contributed by atoms with Crippen molar-refractivity contribution in [3.8, 4) is 0 Å². The van der Waals surface area contributed by atoms with Gasteiger partial charge in [0.1, 0.15) is 35.0 Å². The molecule has 0 radical (unpaired) electrons. The number of anilines is 1. The van der Waals surface area contributed by atoms with Crippen LogP contribution in [0.3, 0.4) is 0 Å². The minimum atomic E-state index is -1.36. The van der Waals surface area contributed by atoms with Gasteiger partial charge in [-0.05, 0) is 20.8 Å². The number of nitrogen functional groups attached to an aromatic ring is 1. The predicted octanol–water partition coefficient (Wildman–Crippen LogP) is 0.0894. The topological polar surface area (TPSA) is 200 Å². The standard InChI is InChI=1S/C21H25N5O9S2/c1-9(27)33-5-10-7-36-18-14(17(30)26(18)15(10)19(31)32)24-16(29)13(11-8-37-20(22)23-11)25-34-6-12(28)35-21(2,3)4/h8,14,18H,5-7H2,1-4H3,(H2,22,23)(H,24,29)(H,31,32)/b25-13-. The summed E-state index contributed by atoms with van der Waals surface area (Å²) in [4.78, 5) is 70.8. The number of thiazole rings is 1. The highest BCUT2D eigenvalue weighted by Gasteiger charge is 2.54. The molecule has 0 spiro atoms. The Morgan fingerprint density at radius 2 is 2.03 bits per heavy atom. The van der Waals surface area contributed by atoms with E-state index in [1.165, 1.54) is 24.1 Å². The molecule has 0 bridgehead atoms. The molecule has 3 heterocycles. The van der Waals surface area contributed by atoms with E-state index in [2.05, 4.69) is 15.5 Å². The zero-order valence-corrected chi connectivity index (χ0v) is 21.9. The molecule has 2 amide bonds. The number of thioether (sulfide) groups is 1. The fraction of sp³-hybridized carbons (Fsp3) is 0.476. The summed E-state index contributed by atoms with van der Waals surface area (Å²) in [5.41, 5.74) is 4.60. The van der Waals surface area contributed by atoms with Gasteiger partial charge in [-0.25, -0.2) is 14.6 Å². The number of carboxylic acid groups (broad SMARTS) is 1. The lowest BCUT2D eigenvalue weighted by molar-refractivity contribution is -0.160. The molecule has 14 nitrogen and oxygen atoms in total. The van der Waals surface area contributed by atoms with E-state index in [1.54, 1.807) is 20.8 Å². The van der Waals surface area contributed by atoms with E-state index in [4.69, 9.17) is 20.0 Å². The summed E-state index contributed by atoms with van der Waals surface area (Å²) in [6.45, 7) is 5.37. The smallest absolute Gasteiger partial charge is 0.352 e. The number of rotatable bonds is 9. The van der Waals surface area contributed by atoms with Crippen molar-refractivity contribution in [2.45, 2.75) is 44.7 Å². The number of oxime groups is 1. The normalized spacial score (nSPS) is 19.5. The minimum Gasteiger partial charge on any atom is -0.477 e. The van der Waals surface area contributed by atoms with Crippen LogP contribution in [0.2, 0.25) is 0 Å². The van der Waals surface area contributed by atoms with Gasteiger partial charge in [-0.15, -0.1) is 23.1 Å². The largest absolute Gasteiger partial charge is 0.477 e. The van der Waals surface area contributed by atoms with Crippen LogP contribution < -0.4 is 11.1 Å². The van der Waals surface area contributed by atoms with Gasteiger partial charge in [0.2, 0.25) is 6.61 Å². The van der Waals surface area contributed by atoms with Gasteiger partial charge in [0.05, 0.1) is 0 Å². The molecule has 2 unspecified atom stereocenters. The van der Waals surface area contributed by atoms with E-state index < -0.39 is 53.3 Å². The number of hydrogen-bond acceptors (Lipinski definition) is 13. The molecule has 37 heavy (non-hydrogen) atoms. The third kappa shape index (κ3) is 6.76. The summed E-state index contributed by atoms with van der Waals surface area (Å²) in [6, 6.07) is -1.07. The van der Waals surface area contributed by atoms with Crippen LogP contribution in [0.1, 0.15) is 33.4 Å². The lowest BCUT2D eigenvalue weighted by Crippen LogP contribution is -2.71. The molecule has 2 aliphatic rings. The SMILES string of the molecule is CC(=O)OCC1=C(C(=O)O)N2C(=O)C(NC(=O)/C(=N\OCC(=O)OC(C)(C)C)c3csc(N)n3)C2SC1. The number of aliphatic carboxylic acids is 1. The summed E-state index contributed by atoms with van der Waals surface area (Å²) >= 11 is 2.24. The highest BCUT2D eigenvalue weighted by molar-refractivity contribution is 8.00. The number of esters is 2. The van der Waals surface area contributed by atoms with Crippen molar-refractivity contribution >= 4 is 63.7 Å². The van der Waals surface area contributed by atoms with Gasteiger partial charge in [-0.2, -0.15) is 0 Å². The Labute approximate surface area is 219 Å². The number of β-lactam (4-membered cyclic amide) rings is 1. The number of ether oxygens (including phenoxy) is 2. The number of aromatic nitrogens is 1. The molecule has 2 atom stereocenters. The van der Waals surface area contributed by atoms with Crippen molar-refractivity contribution in [1.29, 1.82) is 0 Å². The van der Waals surface area contributed by atoms with Crippen LogP contribution in [-0.2, 0) is 38.3 Å². The fourth-order valence-corrected chi connectivity index (χ4v) is 5.19. The Balaban J connectivity index is 1.75. The third-order valence-electron chi connectivity index (χ3n) is 4.72.